The molecule has 0 bridgehead atoms. The third kappa shape index (κ3) is 5.40. The average Bonchev–Trinajstić information content (AvgIpc) is 3.52. The molecule has 1 saturated heterocycles. The fourth-order valence-corrected chi connectivity index (χ4v) is 4.05. The lowest BCUT2D eigenvalue weighted by Gasteiger charge is -2.14. The Bertz CT molecular complexity index is 1110. The van der Waals surface area contributed by atoms with Crippen LogP contribution in [-0.2, 0) is 4.74 Å². The maximum Gasteiger partial charge on any atom is 0.265 e. The number of benzene rings is 2. The Morgan fingerprint density at radius 1 is 0.938 bits per heavy atom. The molecule has 7 nitrogen and oxygen atoms in total. The summed E-state index contributed by atoms with van der Waals surface area (Å²) in [4.78, 5) is 38.4. The van der Waals surface area contributed by atoms with Crippen LogP contribution in [0.1, 0.15) is 43.2 Å². The summed E-state index contributed by atoms with van der Waals surface area (Å²) in [6.45, 7) is 1.16. The second kappa shape index (κ2) is 10.2. The predicted octanol–water partition coefficient (Wildman–Crippen LogP) is 4.16. The van der Waals surface area contributed by atoms with Gasteiger partial charge in [-0.05, 0) is 54.6 Å². The summed E-state index contributed by atoms with van der Waals surface area (Å²) in [5.41, 5.74) is 1.67. The van der Waals surface area contributed by atoms with Gasteiger partial charge < -0.3 is 20.7 Å². The van der Waals surface area contributed by atoms with Crippen LogP contribution in [0.2, 0.25) is 0 Å². The van der Waals surface area contributed by atoms with Crippen LogP contribution in [0.4, 0.5) is 11.4 Å². The van der Waals surface area contributed by atoms with Gasteiger partial charge in [0, 0.05) is 24.4 Å². The molecule has 3 aromatic rings. The first-order valence-corrected chi connectivity index (χ1v) is 11.2. The van der Waals surface area contributed by atoms with E-state index in [2.05, 4.69) is 16.0 Å². The molecule has 1 aliphatic rings. The molecule has 32 heavy (non-hydrogen) atoms. The van der Waals surface area contributed by atoms with Gasteiger partial charge in [0.15, 0.2) is 0 Å². The van der Waals surface area contributed by atoms with Crippen molar-refractivity contribution in [3.63, 3.8) is 0 Å². The minimum absolute atomic E-state index is 0.0350. The van der Waals surface area contributed by atoms with Gasteiger partial charge in [-0.25, -0.2) is 0 Å². The van der Waals surface area contributed by atoms with E-state index in [-0.39, 0.29) is 23.8 Å². The van der Waals surface area contributed by atoms with E-state index in [1.807, 2.05) is 5.38 Å². The van der Waals surface area contributed by atoms with Crippen LogP contribution in [0.5, 0.6) is 0 Å². The molecule has 1 fully saturated rings. The average molecular weight is 450 g/mol. The van der Waals surface area contributed by atoms with Crippen molar-refractivity contribution in [3.05, 3.63) is 82.0 Å². The molecular formula is C24H23N3O4S. The van der Waals surface area contributed by atoms with Crippen molar-refractivity contribution in [1.82, 2.24) is 5.32 Å². The van der Waals surface area contributed by atoms with Gasteiger partial charge >= 0.3 is 0 Å². The molecule has 3 amide bonds. The molecule has 164 valence electrons. The van der Waals surface area contributed by atoms with E-state index < -0.39 is 0 Å². The van der Waals surface area contributed by atoms with Crippen LogP contribution in [0, 0.1) is 0 Å². The standard InChI is InChI=1S/C24H23N3O4S/c28-22(16-6-3-7-17(14-16)26-24(30)21-11-5-13-32-21)27-20-10-2-1-9-19(20)23(29)25-15-18-8-4-12-31-18/h1-3,5-7,9-11,13-14,18H,4,8,12,15H2,(H,25,29)(H,26,30)(H,27,28). The second-order valence-electron chi connectivity index (χ2n) is 7.36. The zero-order valence-corrected chi connectivity index (χ0v) is 18.1. The van der Waals surface area contributed by atoms with E-state index in [1.54, 1.807) is 60.7 Å². The third-order valence-corrected chi connectivity index (χ3v) is 5.93. The molecule has 2 heterocycles. The molecule has 4 rings (SSSR count). The van der Waals surface area contributed by atoms with E-state index in [9.17, 15) is 14.4 Å². The van der Waals surface area contributed by atoms with Crippen LogP contribution in [0.25, 0.3) is 0 Å². The molecule has 3 N–H and O–H groups in total. The highest BCUT2D eigenvalue weighted by Crippen LogP contribution is 2.19. The monoisotopic (exact) mass is 449 g/mol. The highest BCUT2D eigenvalue weighted by Gasteiger charge is 2.19. The zero-order valence-electron chi connectivity index (χ0n) is 17.3. The topological polar surface area (TPSA) is 96.5 Å². The molecule has 1 aliphatic heterocycles. The maximum atomic E-state index is 12.8. The normalized spacial score (nSPS) is 15.2. The first-order chi connectivity index (χ1) is 15.6. The summed E-state index contributed by atoms with van der Waals surface area (Å²) in [6, 6.07) is 17.0. The Morgan fingerprint density at radius 2 is 1.81 bits per heavy atom. The summed E-state index contributed by atoms with van der Waals surface area (Å²) in [6.07, 6.45) is 1.96. The first-order valence-electron chi connectivity index (χ1n) is 10.4. The number of amides is 3. The van der Waals surface area contributed by atoms with E-state index in [0.29, 0.717) is 33.9 Å². The lowest BCUT2D eigenvalue weighted by Crippen LogP contribution is -2.32. The summed E-state index contributed by atoms with van der Waals surface area (Å²) in [5.74, 6) is -0.879. The van der Waals surface area contributed by atoms with E-state index in [0.717, 1.165) is 19.4 Å². The number of ether oxygens (including phenoxy) is 1. The van der Waals surface area contributed by atoms with Gasteiger partial charge in [0.2, 0.25) is 0 Å². The number of carbonyl (C=O) groups excluding carboxylic acids is 3. The fourth-order valence-electron chi connectivity index (χ4n) is 3.43. The summed E-state index contributed by atoms with van der Waals surface area (Å²) in [5, 5.41) is 10.3. The van der Waals surface area contributed by atoms with Crippen molar-refractivity contribution in [2.75, 3.05) is 23.8 Å². The van der Waals surface area contributed by atoms with Crippen LogP contribution in [0.15, 0.2) is 66.0 Å². The summed E-state index contributed by atoms with van der Waals surface area (Å²) >= 11 is 1.34. The van der Waals surface area contributed by atoms with E-state index in [4.69, 9.17) is 4.74 Å². The van der Waals surface area contributed by atoms with Crippen LogP contribution >= 0.6 is 11.3 Å². The molecule has 0 aliphatic carbocycles. The van der Waals surface area contributed by atoms with Crippen molar-refractivity contribution >= 4 is 40.4 Å². The predicted molar refractivity (Wildman–Crippen MR) is 124 cm³/mol. The van der Waals surface area contributed by atoms with Crippen molar-refractivity contribution < 1.29 is 19.1 Å². The zero-order chi connectivity index (χ0) is 22.3. The van der Waals surface area contributed by atoms with Gasteiger partial charge in [0.05, 0.1) is 22.2 Å². The molecule has 2 aromatic carbocycles. The Hall–Kier alpha value is -3.49. The summed E-state index contributed by atoms with van der Waals surface area (Å²) in [7, 11) is 0. The number of rotatable bonds is 7. The largest absolute Gasteiger partial charge is 0.376 e. The molecule has 1 unspecified atom stereocenters. The van der Waals surface area contributed by atoms with Crippen LogP contribution in [0.3, 0.4) is 0 Å². The number of para-hydroxylation sites is 1. The molecule has 0 spiro atoms. The Kier molecular flexibility index (Phi) is 6.94. The van der Waals surface area contributed by atoms with Gasteiger partial charge in [-0.2, -0.15) is 0 Å². The van der Waals surface area contributed by atoms with Crippen LogP contribution < -0.4 is 16.0 Å². The fraction of sp³-hybridized carbons (Fsp3) is 0.208. The number of nitrogens with one attached hydrogen (secondary N) is 3. The molecular weight excluding hydrogens is 426 g/mol. The number of hydrogen-bond acceptors (Lipinski definition) is 5. The van der Waals surface area contributed by atoms with Gasteiger partial charge in [-0.15, -0.1) is 11.3 Å². The smallest absolute Gasteiger partial charge is 0.265 e. The van der Waals surface area contributed by atoms with Gasteiger partial charge in [-0.3, -0.25) is 14.4 Å². The Morgan fingerprint density at radius 3 is 2.59 bits per heavy atom. The van der Waals surface area contributed by atoms with Gasteiger partial charge in [0.1, 0.15) is 0 Å². The highest BCUT2D eigenvalue weighted by atomic mass is 32.1. The van der Waals surface area contributed by atoms with E-state index >= 15 is 0 Å². The lowest BCUT2D eigenvalue weighted by atomic mass is 10.1. The first kappa shape index (κ1) is 21.7. The maximum absolute atomic E-state index is 12.8. The number of thiophene rings is 1. The molecule has 1 aromatic heterocycles. The van der Waals surface area contributed by atoms with Gasteiger partial charge in [0.25, 0.3) is 17.7 Å². The Balaban J connectivity index is 1.42. The minimum Gasteiger partial charge on any atom is -0.376 e. The molecule has 8 heteroatoms. The lowest BCUT2D eigenvalue weighted by molar-refractivity contribution is 0.0858. The van der Waals surface area contributed by atoms with E-state index in [1.165, 1.54) is 11.3 Å². The second-order valence-corrected chi connectivity index (χ2v) is 8.30. The SMILES string of the molecule is O=C(Nc1ccccc1C(=O)NCC1CCCO1)c1cccc(NC(=O)c2cccs2)c1. The number of carbonyl (C=O) groups is 3. The van der Waals surface area contributed by atoms with Crippen molar-refractivity contribution in [1.29, 1.82) is 0 Å². The number of hydrogen-bond donors (Lipinski definition) is 3. The molecule has 1 atom stereocenters. The molecule has 0 saturated carbocycles. The van der Waals surface area contributed by atoms with Gasteiger partial charge in [-0.1, -0.05) is 24.3 Å². The Labute approximate surface area is 189 Å². The quantitative estimate of drug-likeness (QED) is 0.505. The molecule has 0 radical (unpaired) electrons. The third-order valence-electron chi connectivity index (χ3n) is 5.06. The number of anilines is 2. The van der Waals surface area contributed by atoms with Crippen LogP contribution in [-0.4, -0.2) is 37.0 Å². The minimum atomic E-state index is -0.378. The van der Waals surface area contributed by atoms with Crippen molar-refractivity contribution in [2.24, 2.45) is 0 Å². The van der Waals surface area contributed by atoms with Crippen molar-refractivity contribution in [3.8, 4) is 0 Å². The van der Waals surface area contributed by atoms with Crippen molar-refractivity contribution in [2.45, 2.75) is 18.9 Å². The highest BCUT2D eigenvalue weighted by molar-refractivity contribution is 7.12. The summed E-state index contributed by atoms with van der Waals surface area (Å²) < 4.78 is 5.54.